The van der Waals surface area contributed by atoms with Crippen molar-refractivity contribution >= 4 is 15.7 Å². The van der Waals surface area contributed by atoms with Gasteiger partial charge in [-0.3, -0.25) is 10.1 Å². The first kappa shape index (κ1) is 17.5. The molecule has 0 amide bonds. The van der Waals surface area contributed by atoms with E-state index < -0.39 is 36.9 Å². The van der Waals surface area contributed by atoms with E-state index in [1.54, 1.807) is 13.8 Å². The van der Waals surface area contributed by atoms with Gasteiger partial charge in [-0.2, -0.15) is 0 Å². The number of rotatable bonds is 7. The quantitative estimate of drug-likeness (QED) is 0.585. The first-order valence-corrected chi connectivity index (χ1v) is 7.72. The summed E-state index contributed by atoms with van der Waals surface area (Å²) in [6, 6.07) is 2.26. The number of nitro groups is 1. The molecule has 0 spiro atoms. The molecular weight excluding hydrogens is 303 g/mol. The normalized spacial score (nSPS) is 14.7. The van der Waals surface area contributed by atoms with Gasteiger partial charge in [-0.15, -0.1) is 0 Å². The summed E-state index contributed by atoms with van der Waals surface area (Å²) in [4.78, 5) is 9.33. The highest BCUT2D eigenvalue weighted by Crippen LogP contribution is 2.27. The molecule has 0 radical (unpaired) electrons. The minimum Gasteiger partial charge on any atom is -0.396 e. The second-order valence-electron chi connectivity index (χ2n) is 4.86. The molecule has 0 aromatic heterocycles. The van der Waals surface area contributed by atoms with E-state index in [4.69, 9.17) is 5.11 Å². The first-order chi connectivity index (χ1) is 9.65. The Morgan fingerprint density at radius 1 is 1.48 bits per heavy atom. The number of aliphatic hydroxyl groups is 1. The van der Waals surface area contributed by atoms with Crippen LogP contribution in [0.15, 0.2) is 23.1 Å². The number of nitro benzene ring substituents is 1. The third-order valence-electron chi connectivity index (χ3n) is 3.23. The lowest BCUT2D eigenvalue weighted by Crippen LogP contribution is -2.46. The third-order valence-corrected chi connectivity index (χ3v) is 4.92. The van der Waals surface area contributed by atoms with Gasteiger partial charge in [-0.1, -0.05) is 6.92 Å². The largest absolute Gasteiger partial charge is 0.396 e. The summed E-state index contributed by atoms with van der Waals surface area (Å²) >= 11 is 0. The maximum Gasteiger partial charge on any atom is 0.292 e. The molecule has 1 aromatic carbocycles. The van der Waals surface area contributed by atoms with Crippen LogP contribution in [0.1, 0.15) is 26.7 Å². The van der Waals surface area contributed by atoms with E-state index >= 15 is 0 Å². The molecule has 1 atom stereocenters. The van der Waals surface area contributed by atoms with Gasteiger partial charge < -0.3 is 5.11 Å². The van der Waals surface area contributed by atoms with Crippen LogP contribution in [0.25, 0.3) is 0 Å². The lowest BCUT2D eigenvalue weighted by Gasteiger charge is -2.28. The molecule has 0 heterocycles. The molecule has 9 heteroatoms. The maximum atomic E-state index is 13.1. The summed E-state index contributed by atoms with van der Waals surface area (Å²) < 4.78 is 40.0. The fourth-order valence-corrected chi connectivity index (χ4v) is 3.45. The van der Waals surface area contributed by atoms with Crippen LogP contribution in [-0.2, 0) is 10.0 Å². The van der Waals surface area contributed by atoms with E-state index in [0.717, 1.165) is 12.1 Å². The molecule has 1 aromatic rings. The molecule has 118 valence electrons. The van der Waals surface area contributed by atoms with Gasteiger partial charge in [0.15, 0.2) is 4.90 Å². The van der Waals surface area contributed by atoms with Crippen molar-refractivity contribution in [3.05, 3.63) is 34.1 Å². The van der Waals surface area contributed by atoms with Gasteiger partial charge in [0, 0.05) is 12.1 Å². The van der Waals surface area contributed by atoms with Crippen molar-refractivity contribution in [2.45, 2.75) is 37.1 Å². The first-order valence-electron chi connectivity index (χ1n) is 6.24. The fourth-order valence-electron chi connectivity index (χ4n) is 1.79. The number of nitrogens with zero attached hydrogens (tertiary/aromatic N) is 1. The van der Waals surface area contributed by atoms with Crippen LogP contribution >= 0.6 is 0 Å². The molecule has 2 N–H and O–H groups in total. The third kappa shape index (κ3) is 4.19. The standard InChI is InChI=1S/C12H17FN2O5S/c1-3-12(2,6-7-16)14-21(19,20)11-5-4-9(13)8-10(11)15(17)18/h4-5,8,14,16H,3,6-7H2,1-2H3. The summed E-state index contributed by atoms with van der Waals surface area (Å²) in [5.74, 6) is -0.894. The second-order valence-corrected chi connectivity index (χ2v) is 6.51. The molecule has 0 aliphatic carbocycles. The zero-order chi connectivity index (χ0) is 16.3. The van der Waals surface area contributed by atoms with Crippen molar-refractivity contribution in [2.24, 2.45) is 0 Å². The summed E-state index contributed by atoms with van der Waals surface area (Å²) in [5, 5.41) is 19.9. The van der Waals surface area contributed by atoms with Gasteiger partial charge in [-0.05, 0) is 31.9 Å². The lowest BCUT2D eigenvalue weighted by molar-refractivity contribution is -0.388. The Morgan fingerprint density at radius 3 is 2.57 bits per heavy atom. The summed E-state index contributed by atoms with van der Waals surface area (Å²) in [5.41, 5.74) is -1.78. The van der Waals surface area contributed by atoms with Crippen molar-refractivity contribution < 1.29 is 22.8 Å². The molecule has 0 saturated heterocycles. The molecule has 0 saturated carbocycles. The predicted octanol–water partition coefficient (Wildman–Crippen LogP) is 1.56. The minimum absolute atomic E-state index is 0.151. The van der Waals surface area contributed by atoms with Crippen LogP contribution in [0.4, 0.5) is 10.1 Å². The Kier molecular flexibility index (Phi) is 5.37. The Hall–Kier alpha value is -1.58. The van der Waals surface area contributed by atoms with Crippen molar-refractivity contribution in [3.8, 4) is 0 Å². The number of nitrogens with one attached hydrogen (secondary N) is 1. The topological polar surface area (TPSA) is 110 Å². The van der Waals surface area contributed by atoms with Crippen LogP contribution in [0, 0.1) is 15.9 Å². The predicted molar refractivity (Wildman–Crippen MR) is 73.8 cm³/mol. The highest BCUT2D eigenvalue weighted by Gasteiger charge is 2.33. The van der Waals surface area contributed by atoms with Gasteiger partial charge in [0.2, 0.25) is 10.0 Å². The molecule has 1 unspecified atom stereocenters. The Morgan fingerprint density at radius 2 is 2.10 bits per heavy atom. The van der Waals surface area contributed by atoms with Crippen molar-refractivity contribution in [1.82, 2.24) is 4.72 Å². The molecular formula is C12H17FN2O5S. The van der Waals surface area contributed by atoms with E-state index in [2.05, 4.69) is 4.72 Å². The Bertz CT molecular complexity index is 635. The number of aliphatic hydroxyl groups excluding tert-OH is 1. The number of halogens is 1. The molecule has 1 rings (SSSR count). The van der Waals surface area contributed by atoms with E-state index in [1.165, 1.54) is 0 Å². The van der Waals surface area contributed by atoms with Gasteiger partial charge in [0.25, 0.3) is 5.69 Å². The zero-order valence-electron chi connectivity index (χ0n) is 11.7. The maximum absolute atomic E-state index is 13.1. The molecule has 7 nitrogen and oxygen atoms in total. The van der Waals surface area contributed by atoms with Crippen LogP contribution in [0.2, 0.25) is 0 Å². The average molecular weight is 320 g/mol. The van der Waals surface area contributed by atoms with Gasteiger partial charge in [0.1, 0.15) is 5.82 Å². The average Bonchev–Trinajstić information content (AvgIpc) is 2.37. The van der Waals surface area contributed by atoms with Crippen LogP contribution in [0.5, 0.6) is 0 Å². The Labute approximate surface area is 122 Å². The highest BCUT2D eigenvalue weighted by molar-refractivity contribution is 7.89. The molecule has 0 aliphatic rings. The number of hydrogen-bond acceptors (Lipinski definition) is 5. The number of benzene rings is 1. The van der Waals surface area contributed by atoms with Crippen LogP contribution in [-0.4, -0.2) is 30.6 Å². The van der Waals surface area contributed by atoms with Crippen LogP contribution in [0.3, 0.4) is 0 Å². The minimum atomic E-state index is -4.21. The van der Waals surface area contributed by atoms with Crippen molar-refractivity contribution in [2.75, 3.05) is 6.61 Å². The number of hydrogen-bond donors (Lipinski definition) is 2. The molecule has 0 fully saturated rings. The molecule has 21 heavy (non-hydrogen) atoms. The van der Waals surface area contributed by atoms with E-state index in [1.807, 2.05) is 0 Å². The fraction of sp³-hybridized carbons (Fsp3) is 0.500. The smallest absolute Gasteiger partial charge is 0.292 e. The summed E-state index contributed by atoms with van der Waals surface area (Å²) in [6.45, 7) is 3.06. The number of sulfonamides is 1. The lowest BCUT2D eigenvalue weighted by atomic mass is 9.97. The molecule has 0 aliphatic heterocycles. The van der Waals surface area contributed by atoms with Gasteiger partial charge in [0.05, 0.1) is 11.0 Å². The second kappa shape index (κ2) is 6.46. The van der Waals surface area contributed by atoms with Gasteiger partial charge >= 0.3 is 0 Å². The van der Waals surface area contributed by atoms with E-state index in [-0.39, 0.29) is 13.0 Å². The molecule has 0 bridgehead atoms. The summed E-state index contributed by atoms with van der Waals surface area (Å²) in [7, 11) is -4.21. The van der Waals surface area contributed by atoms with E-state index in [9.17, 15) is 22.9 Å². The van der Waals surface area contributed by atoms with Gasteiger partial charge in [-0.25, -0.2) is 17.5 Å². The zero-order valence-corrected chi connectivity index (χ0v) is 12.5. The Balaban J connectivity index is 3.29. The highest BCUT2D eigenvalue weighted by atomic mass is 32.2. The summed E-state index contributed by atoms with van der Waals surface area (Å²) in [6.07, 6.45) is 0.527. The van der Waals surface area contributed by atoms with E-state index in [0.29, 0.717) is 12.5 Å². The SMILES string of the molecule is CCC(C)(CCO)NS(=O)(=O)c1ccc(F)cc1[N+](=O)[O-]. The monoisotopic (exact) mass is 320 g/mol. The van der Waals surface area contributed by atoms with Crippen LogP contribution < -0.4 is 4.72 Å². The van der Waals surface area contributed by atoms with Crippen molar-refractivity contribution in [1.29, 1.82) is 0 Å². The van der Waals surface area contributed by atoms with Crippen molar-refractivity contribution in [3.63, 3.8) is 0 Å².